The smallest absolute Gasteiger partial charge is 0.329 e. The highest BCUT2D eigenvalue weighted by atomic mass is 16.6. The Morgan fingerprint density at radius 3 is 2.48 bits per heavy atom. The second-order valence-corrected chi connectivity index (χ2v) is 6.90. The molecule has 118 valence electrons. The van der Waals surface area contributed by atoms with E-state index in [0.717, 1.165) is 6.42 Å². The summed E-state index contributed by atoms with van der Waals surface area (Å²) in [6.45, 7) is 6.45. The first-order valence-electron chi connectivity index (χ1n) is 7.46. The molecule has 6 heteroatoms. The predicted molar refractivity (Wildman–Crippen MR) is 76.3 cm³/mol. The van der Waals surface area contributed by atoms with E-state index in [9.17, 15) is 14.4 Å². The van der Waals surface area contributed by atoms with Gasteiger partial charge in [0.1, 0.15) is 11.6 Å². The minimum Gasteiger partial charge on any atom is -0.458 e. The molecule has 0 bridgehead atoms. The van der Waals surface area contributed by atoms with E-state index in [0.29, 0.717) is 19.5 Å². The number of carbonyl (C=O) groups is 3. The molecule has 1 unspecified atom stereocenters. The maximum atomic E-state index is 12.6. The van der Waals surface area contributed by atoms with Crippen LogP contribution in [-0.2, 0) is 19.1 Å². The summed E-state index contributed by atoms with van der Waals surface area (Å²) in [4.78, 5) is 39.5. The van der Waals surface area contributed by atoms with Crippen LogP contribution in [0, 0.1) is 5.92 Å². The van der Waals surface area contributed by atoms with Crippen molar-refractivity contribution < 1.29 is 19.1 Å². The molecule has 6 nitrogen and oxygen atoms in total. The van der Waals surface area contributed by atoms with Gasteiger partial charge in [0.05, 0.1) is 5.92 Å². The Hall–Kier alpha value is -1.59. The van der Waals surface area contributed by atoms with Gasteiger partial charge in [-0.05, 0) is 33.6 Å². The van der Waals surface area contributed by atoms with Crippen molar-refractivity contribution in [3.05, 3.63) is 0 Å². The summed E-state index contributed by atoms with van der Waals surface area (Å²) in [5.74, 6) is -0.779. The van der Waals surface area contributed by atoms with Crippen molar-refractivity contribution in [2.75, 3.05) is 20.1 Å². The maximum absolute atomic E-state index is 12.6. The monoisotopic (exact) mass is 296 g/mol. The van der Waals surface area contributed by atoms with Gasteiger partial charge in [-0.25, -0.2) is 4.79 Å². The van der Waals surface area contributed by atoms with Crippen LogP contribution < -0.4 is 0 Å². The van der Waals surface area contributed by atoms with Gasteiger partial charge in [-0.15, -0.1) is 0 Å². The summed E-state index contributed by atoms with van der Waals surface area (Å²) in [5, 5.41) is 0. The fraction of sp³-hybridized carbons (Fsp3) is 0.800. The summed E-state index contributed by atoms with van der Waals surface area (Å²) < 4.78 is 5.40. The van der Waals surface area contributed by atoms with Gasteiger partial charge >= 0.3 is 5.97 Å². The lowest BCUT2D eigenvalue weighted by Crippen LogP contribution is -2.46. The van der Waals surface area contributed by atoms with Gasteiger partial charge in [-0.1, -0.05) is 0 Å². The molecule has 2 heterocycles. The molecule has 0 aromatic rings. The maximum Gasteiger partial charge on any atom is 0.329 e. The second-order valence-electron chi connectivity index (χ2n) is 6.90. The molecule has 2 aliphatic rings. The van der Waals surface area contributed by atoms with E-state index < -0.39 is 11.6 Å². The van der Waals surface area contributed by atoms with Crippen molar-refractivity contribution in [3.8, 4) is 0 Å². The Bertz CT molecular complexity index is 455. The van der Waals surface area contributed by atoms with E-state index >= 15 is 0 Å². The molecule has 2 saturated heterocycles. The first kappa shape index (κ1) is 15.8. The van der Waals surface area contributed by atoms with Crippen LogP contribution in [0.3, 0.4) is 0 Å². The third kappa shape index (κ3) is 3.54. The lowest BCUT2D eigenvalue weighted by Gasteiger charge is -2.28. The highest BCUT2D eigenvalue weighted by Crippen LogP contribution is 2.26. The summed E-state index contributed by atoms with van der Waals surface area (Å²) in [7, 11) is 1.70. The molecular formula is C15H24N2O4. The molecule has 2 amide bonds. The van der Waals surface area contributed by atoms with E-state index in [1.807, 2.05) is 20.8 Å². The number of carbonyl (C=O) groups excluding carboxylic acids is 3. The minimum absolute atomic E-state index is 0.0126. The first-order valence-corrected chi connectivity index (χ1v) is 7.46. The van der Waals surface area contributed by atoms with Crippen molar-refractivity contribution >= 4 is 17.8 Å². The van der Waals surface area contributed by atoms with Crippen LogP contribution in [0.2, 0.25) is 0 Å². The Kier molecular flexibility index (Phi) is 4.25. The fourth-order valence-corrected chi connectivity index (χ4v) is 2.91. The summed E-state index contributed by atoms with van der Waals surface area (Å²) in [6, 6.07) is -0.502. The number of likely N-dealkylation sites (tertiary alicyclic amines) is 2. The molecule has 0 N–H and O–H groups in total. The molecule has 2 atom stereocenters. The van der Waals surface area contributed by atoms with Gasteiger partial charge < -0.3 is 14.5 Å². The van der Waals surface area contributed by atoms with Gasteiger partial charge in [0.2, 0.25) is 11.8 Å². The van der Waals surface area contributed by atoms with Gasteiger partial charge in [0.25, 0.3) is 0 Å². The molecule has 0 spiro atoms. The summed E-state index contributed by atoms with van der Waals surface area (Å²) in [6.07, 6.45) is 1.68. The van der Waals surface area contributed by atoms with Gasteiger partial charge in [-0.3, -0.25) is 9.59 Å². The number of rotatable bonds is 2. The molecule has 2 rings (SSSR count). The molecule has 0 saturated carbocycles. The first-order chi connectivity index (χ1) is 9.69. The highest BCUT2D eigenvalue weighted by Gasteiger charge is 2.42. The van der Waals surface area contributed by atoms with E-state index in [1.165, 1.54) is 0 Å². The topological polar surface area (TPSA) is 66.9 Å². The zero-order valence-corrected chi connectivity index (χ0v) is 13.2. The van der Waals surface area contributed by atoms with Crippen LogP contribution in [0.4, 0.5) is 0 Å². The zero-order valence-electron chi connectivity index (χ0n) is 13.2. The van der Waals surface area contributed by atoms with Crippen molar-refractivity contribution in [1.82, 2.24) is 9.80 Å². The Labute approximate surface area is 125 Å². The molecule has 0 aromatic carbocycles. The largest absolute Gasteiger partial charge is 0.458 e. The highest BCUT2D eigenvalue weighted by molar-refractivity contribution is 5.91. The Balaban J connectivity index is 2.03. The van der Waals surface area contributed by atoms with Crippen LogP contribution in [0.15, 0.2) is 0 Å². The average molecular weight is 296 g/mol. The molecule has 0 radical (unpaired) electrons. The lowest BCUT2D eigenvalue weighted by atomic mass is 10.1. The van der Waals surface area contributed by atoms with Crippen molar-refractivity contribution in [1.29, 1.82) is 0 Å². The van der Waals surface area contributed by atoms with Crippen LogP contribution in [0.5, 0.6) is 0 Å². The molecular weight excluding hydrogens is 272 g/mol. The van der Waals surface area contributed by atoms with Crippen LogP contribution in [0.1, 0.15) is 40.0 Å². The number of hydrogen-bond acceptors (Lipinski definition) is 4. The van der Waals surface area contributed by atoms with E-state index in [1.54, 1.807) is 16.8 Å². The summed E-state index contributed by atoms with van der Waals surface area (Å²) in [5.41, 5.74) is -0.558. The fourth-order valence-electron chi connectivity index (χ4n) is 2.91. The number of nitrogens with zero attached hydrogens (tertiary/aromatic N) is 2. The predicted octanol–water partition coefficient (Wildman–Crippen LogP) is 0.797. The van der Waals surface area contributed by atoms with Crippen LogP contribution >= 0.6 is 0 Å². The zero-order chi connectivity index (χ0) is 15.8. The number of hydrogen-bond donors (Lipinski definition) is 0. The van der Waals surface area contributed by atoms with Gasteiger partial charge in [-0.2, -0.15) is 0 Å². The molecule has 2 aliphatic heterocycles. The number of esters is 1. The van der Waals surface area contributed by atoms with Gasteiger partial charge in [0, 0.05) is 26.6 Å². The van der Waals surface area contributed by atoms with Crippen molar-refractivity contribution in [2.24, 2.45) is 5.92 Å². The molecule has 2 fully saturated rings. The summed E-state index contributed by atoms with van der Waals surface area (Å²) >= 11 is 0. The van der Waals surface area contributed by atoms with E-state index in [2.05, 4.69) is 0 Å². The Morgan fingerprint density at radius 1 is 1.29 bits per heavy atom. The standard InChI is InChI=1S/C15H24N2O4/c1-15(2,3)21-14(20)11-6-5-7-17(11)13(19)10-8-12(18)16(4)9-10/h10-11H,5-9H2,1-4H3/t10?,11-/m1/s1. The molecule has 0 aliphatic carbocycles. The normalized spacial score (nSPS) is 26.4. The van der Waals surface area contributed by atoms with Crippen LogP contribution in [0.25, 0.3) is 0 Å². The second kappa shape index (κ2) is 5.66. The minimum atomic E-state index is -0.558. The van der Waals surface area contributed by atoms with Crippen LogP contribution in [-0.4, -0.2) is 59.4 Å². The van der Waals surface area contributed by atoms with E-state index in [-0.39, 0.29) is 30.1 Å². The third-order valence-corrected chi connectivity index (χ3v) is 3.90. The molecule has 0 aromatic heterocycles. The van der Waals surface area contributed by atoms with Crippen molar-refractivity contribution in [2.45, 2.75) is 51.7 Å². The average Bonchev–Trinajstić information content (AvgIpc) is 2.94. The van der Waals surface area contributed by atoms with Crippen molar-refractivity contribution in [3.63, 3.8) is 0 Å². The lowest BCUT2D eigenvalue weighted by molar-refractivity contribution is -0.163. The SMILES string of the molecule is CN1CC(C(=O)N2CCC[C@@H]2C(=O)OC(C)(C)C)CC1=O. The third-order valence-electron chi connectivity index (χ3n) is 3.90. The number of ether oxygens (including phenoxy) is 1. The Morgan fingerprint density at radius 2 is 1.95 bits per heavy atom. The quantitative estimate of drug-likeness (QED) is 0.707. The van der Waals surface area contributed by atoms with Gasteiger partial charge in [0.15, 0.2) is 0 Å². The molecule has 21 heavy (non-hydrogen) atoms. The number of amides is 2. The van der Waals surface area contributed by atoms with E-state index in [4.69, 9.17) is 4.74 Å².